The van der Waals surface area contributed by atoms with Crippen LogP contribution < -0.4 is 10.2 Å². The summed E-state index contributed by atoms with van der Waals surface area (Å²) < 4.78 is 0. The van der Waals surface area contributed by atoms with Crippen LogP contribution in [0.2, 0.25) is 0 Å². The Bertz CT molecular complexity index is 751. The first-order valence-corrected chi connectivity index (χ1v) is 10.7. The Labute approximate surface area is 169 Å². The van der Waals surface area contributed by atoms with Gasteiger partial charge in [0.15, 0.2) is 0 Å². The number of carbonyl (C=O) groups is 1. The number of unbranched alkanes of at least 4 members (excludes halogenated alkanes) is 1. The quantitative estimate of drug-likeness (QED) is 0.653. The number of amides is 1. The first-order valence-electron chi connectivity index (χ1n) is 10.7. The Morgan fingerprint density at radius 3 is 2.43 bits per heavy atom. The van der Waals surface area contributed by atoms with E-state index >= 15 is 0 Å². The van der Waals surface area contributed by atoms with Gasteiger partial charge in [-0.2, -0.15) is 0 Å². The zero-order valence-electron chi connectivity index (χ0n) is 17.3. The Hall–Kier alpha value is -2.33. The molecule has 0 spiro atoms. The van der Waals surface area contributed by atoms with E-state index in [2.05, 4.69) is 47.2 Å². The van der Waals surface area contributed by atoms with Gasteiger partial charge in [0.25, 0.3) is 5.91 Å². The van der Waals surface area contributed by atoms with Crippen molar-refractivity contribution in [2.75, 3.05) is 36.4 Å². The highest BCUT2D eigenvalue weighted by atomic mass is 16.1. The zero-order valence-corrected chi connectivity index (χ0v) is 17.3. The fourth-order valence-corrected chi connectivity index (χ4v) is 3.80. The third kappa shape index (κ3) is 5.35. The van der Waals surface area contributed by atoms with Crippen LogP contribution in [0.1, 0.15) is 55.5 Å². The van der Waals surface area contributed by atoms with Crippen molar-refractivity contribution in [3.05, 3.63) is 59.7 Å². The summed E-state index contributed by atoms with van der Waals surface area (Å²) in [5.41, 5.74) is 3.99. The molecule has 4 heteroatoms. The second kappa shape index (κ2) is 10.3. The zero-order chi connectivity index (χ0) is 19.8. The van der Waals surface area contributed by atoms with Crippen LogP contribution in [-0.4, -0.2) is 37.0 Å². The monoisotopic (exact) mass is 379 g/mol. The summed E-state index contributed by atoms with van der Waals surface area (Å²) in [7, 11) is 0. The van der Waals surface area contributed by atoms with E-state index in [0.717, 1.165) is 38.4 Å². The first kappa shape index (κ1) is 20.4. The summed E-state index contributed by atoms with van der Waals surface area (Å²) in [6.07, 6.45) is 4.92. The molecule has 0 atom stereocenters. The molecule has 1 heterocycles. The van der Waals surface area contributed by atoms with E-state index in [4.69, 9.17) is 0 Å². The SMILES string of the molecule is CCCCN(CC)c1ccc(C(=O)Nc2ccccc2CN2CCCC2)cc1. The van der Waals surface area contributed by atoms with E-state index in [-0.39, 0.29) is 5.91 Å². The van der Waals surface area contributed by atoms with Crippen LogP contribution in [0.25, 0.3) is 0 Å². The molecule has 0 radical (unpaired) electrons. The van der Waals surface area contributed by atoms with Gasteiger partial charge in [-0.05, 0) is 75.2 Å². The molecule has 0 aromatic heterocycles. The number of hydrogen-bond donors (Lipinski definition) is 1. The maximum atomic E-state index is 12.8. The van der Waals surface area contributed by atoms with Crippen LogP contribution in [-0.2, 0) is 6.54 Å². The summed E-state index contributed by atoms with van der Waals surface area (Å²) in [4.78, 5) is 17.6. The molecule has 2 aromatic rings. The van der Waals surface area contributed by atoms with Crippen LogP contribution in [0.4, 0.5) is 11.4 Å². The van der Waals surface area contributed by atoms with Crippen LogP contribution in [0.3, 0.4) is 0 Å². The molecule has 0 saturated carbocycles. The van der Waals surface area contributed by atoms with Crippen molar-refractivity contribution in [2.24, 2.45) is 0 Å². The van der Waals surface area contributed by atoms with Gasteiger partial charge in [0, 0.05) is 36.6 Å². The standard InChI is InChI=1S/C24H33N3O/c1-3-5-18-27(4-2)22-14-12-20(13-15-22)24(28)25-23-11-7-6-10-21(23)19-26-16-8-9-17-26/h6-7,10-15H,3-5,8-9,16-19H2,1-2H3,(H,25,28). The van der Waals surface area contributed by atoms with Gasteiger partial charge in [-0.1, -0.05) is 31.5 Å². The summed E-state index contributed by atoms with van der Waals surface area (Å²) >= 11 is 0. The topological polar surface area (TPSA) is 35.6 Å². The summed E-state index contributed by atoms with van der Waals surface area (Å²) in [5.74, 6) is -0.0444. The number of anilines is 2. The van der Waals surface area contributed by atoms with Crippen LogP contribution in [0, 0.1) is 0 Å². The summed E-state index contributed by atoms with van der Waals surface area (Å²) in [5, 5.41) is 3.12. The molecular formula is C24H33N3O. The van der Waals surface area contributed by atoms with E-state index in [0.29, 0.717) is 5.56 Å². The predicted molar refractivity (Wildman–Crippen MR) is 118 cm³/mol. The van der Waals surface area contributed by atoms with E-state index in [1.54, 1.807) is 0 Å². The number of rotatable bonds is 9. The minimum Gasteiger partial charge on any atom is -0.372 e. The van der Waals surface area contributed by atoms with E-state index in [1.165, 1.54) is 36.9 Å². The molecule has 1 saturated heterocycles. The van der Waals surface area contributed by atoms with E-state index in [1.807, 2.05) is 30.3 Å². The molecule has 1 fully saturated rings. The van der Waals surface area contributed by atoms with Crippen molar-refractivity contribution < 1.29 is 4.79 Å². The minimum absolute atomic E-state index is 0.0444. The van der Waals surface area contributed by atoms with Gasteiger partial charge in [-0.25, -0.2) is 0 Å². The third-order valence-corrected chi connectivity index (χ3v) is 5.52. The highest BCUT2D eigenvalue weighted by Gasteiger charge is 2.15. The fraction of sp³-hybridized carbons (Fsp3) is 0.458. The maximum Gasteiger partial charge on any atom is 0.255 e. The number of likely N-dealkylation sites (tertiary alicyclic amines) is 1. The van der Waals surface area contributed by atoms with Gasteiger partial charge in [0.05, 0.1) is 0 Å². The van der Waals surface area contributed by atoms with Gasteiger partial charge in [-0.3, -0.25) is 9.69 Å². The lowest BCUT2D eigenvalue weighted by atomic mass is 10.1. The highest BCUT2D eigenvalue weighted by Crippen LogP contribution is 2.21. The first-order chi connectivity index (χ1) is 13.7. The molecule has 150 valence electrons. The van der Waals surface area contributed by atoms with Crippen molar-refractivity contribution in [1.82, 2.24) is 4.90 Å². The van der Waals surface area contributed by atoms with Crippen molar-refractivity contribution in [1.29, 1.82) is 0 Å². The molecule has 1 N–H and O–H groups in total. The molecule has 0 aliphatic carbocycles. The number of para-hydroxylation sites is 1. The number of nitrogens with one attached hydrogen (secondary N) is 1. The van der Waals surface area contributed by atoms with Gasteiger partial charge >= 0.3 is 0 Å². The second-order valence-electron chi connectivity index (χ2n) is 7.57. The van der Waals surface area contributed by atoms with Crippen molar-refractivity contribution in [3.63, 3.8) is 0 Å². The van der Waals surface area contributed by atoms with E-state index < -0.39 is 0 Å². The number of benzene rings is 2. The fourth-order valence-electron chi connectivity index (χ4n) is 3.80. The molecule has 0 unspecified atom stereocenters. The Balaban J connectivity index is 1.66. The predicted octanol–water partition coefficient (Wildman–Crippen LogP) is 5.16. The van der Waals surface area contributed by atoms with Crippen molar-refractivity contribution >= 4 is 17.3 Å². The van der Waals surface area contributed by atoms with Crippen LogP contribution in [0.5, 0.6) is 0 Å². The molecule has 0 bridgehead atoms. The third-order valence-electron chi connectivity index (χ3n) is 5.52. The average Bonchev–Trinajstić information content (AvgIpc) is 3.23. The van der Waals surface area contributed by atoms with Gasteiger partial charge in [0.1, 0.15) is 0 Å². The summed E-state index contributed by atoms with van der Waals surface area (Å²) in [6.45, 7) is 9.62. The molecule has 1 aliphatic rings. The molecule has 1 aliphatic heterocycles. The molecule has 3 rings (SSSR count). The highest BCUT2D eigenvalue weighted by molar-refractivity contribution is 6.04. The van der Waals surface area contributed by atoms with Gasteiger partial charge in [-0.15, -0.1) is 0 Å². The largest absolute Gasteiger partial charge is 0.372 e. The second-order valence-corrected chi connectivity index (χ2v) is 7.57. The Morgan fingerprint density at radius 2 is 1.75 bits per heavy atom. The molecule has 2 aromatic carbocycles. The Morgan fingerprint density at radius 1 is 1.04 bits per heavy atom. The molecule has 4 nitrogen and oxygen atoms in total. The van der Waals surface area contributed by atoms with E-state index in [9.17, 15) is 4.79 Å². The number of hydrogen-bond acceptors (Lipinski definition) is 3. The van der Waals surface area contributed by atoms with Crippen LogP contribution in [0.15, 0.2) is 48.5 Å². The van der Waals surface area contributed by atoms with Crippen molar-refractivity contribution in [3.8, 4) is 0 Å². The van der Waals surface area contributed by atoms with Crippen molar-refractivity contribution in [2.45, 2.75) is 46.1 Å². The minimum atomic E-state index is -0.0444. The molecular weight excluding hydrogens is 346 g/mol. The lowest BCUT2D eigenvalue weighted by Crippen LogP contribution is -2.24. The Kier molecular flexibility index (Phi) is 7.49. The molecule has 1 amide bonds. The van der Waals surface area contributed by atoms with Gasteiger partial charge < -0.3 is 10.2 Å². The maximum absolute atomic E-state index is 12.8. The lowest BCUT2D eigenvalue weighted by molar-refractivity contribution is 0.102. The number of carbonyl (C=O) groups excluding carboxylic acids is 1. The number of nitrogens with zero attached hydrogens (tertiary/aromatic N) is 2. The summed E-state index contributed by atoms with van der Waals surface area (Å²) in [6, 6.07) is 16.1. The van der Waals surface area contributed by atoms with Gasteiger partial charge in [0.2, 0.25) is 0 Å². The lowest BCUT2D eigenvalue weighted by Gasteiger charge is -2.23. The van der Waals surface area contributed by atoms with Crippen LogP contribution >= 0.6 is 0 Å². The smallest absolute Gasteiger partial charge is 0.255 e. The molecule has 28 heavy (non-hydrogen) atoms. The normalized spacial score (nSPS) is 14.2. The average molecular weight is 380 g/mol.